The zero-order valence-electron chi connectivity index (χ0n) is 9.46. The molecule has 0 fully saturated rings. The molecule has 0 heterocycles. The van der Waals surface area contributed by atoms with Crippen molar-refractivity contribution in [1.29, 1.82) is 5.26 Å². The third-order valence-corrected chi connectivity index (χ3v) is 2.16. The zero-order valence-corrected chi connectivity index (χ0v) is 9.46. The molecule has 1 aromatic carbocycles. The number of carbonyl (C=O) groups excluding carboxylic acids is 1. The Balaban J connectivity index is 3.30. The Hall–Kier alpha value is -2.23. The molecule has 1 rings (SSSR count). The van der Waals surface area contributed by atoms with E-state index >= 15 is 0 Å². The fourth-order valence-electron chi connectivity index (χ4n) is 1.35. The fraction of sp³-hybridized carbons (Fsp3) is 0.273. The molecule has 0 saturated carbocycles. The number of benzene rings is 1. The minimum atomic E-state index is -4.86. The van der Waals surface area contributed by atoms with Crippen LogP contribution < -0.4 is 4.74 Å². The van der Waals surface area contributed by atoms with Gasteiger partial charge in [0.05, 0.1) is 18.2 Å². The van der Waals surface area contributed by atoms with Crippen LogP contribution in [0.25, 0.3) is 0 Å². The van der Waals surface area contributed by atoms with E-state index < -0.39 is 18.1 Å². The maximum absolute atomic E-state index is 12.1. The molecule has 0 bridgehead atoms. The quantitative estimate of drug-likeness (QED) is 0.766. The van der Waals surface area contributed by atoms with Crippen LogP contribution in [0.3, 0.4) is 0 Å². The van der Waals surface area contributed by atoms with Gasteiger partial charge in [-0.25, -0.2) is 4.79 Å². The van der Waals surface area contributed by atoms with E-state index in [0.717, 1.165) is 19.2 Å². The standard InChI is InChI=1S/C11H8F3NO3/c1-6-8(5-15)7(10(16)17-2)3-4-9(6)18-11(12,13)14/h3-4H,1-2H3. The first-order chi connectivity index (χ1) is 8.30. The normalized spacial score (nSPS) is 10.7. The minimum Gasteiger partial charge on any atom is -0.465 e. The van der Waals surface area contributed by atoms with Gasteiger partial charge in [-0.15, -0.1) is 13.2 Å². The first-order valence-corrected chi connectivity index (χ1v) is 4.68. The van der Waals surface area contributed by atoms with Crippen LogP contribution in [0.1, 0.15) is 21.5 Å². The zero-order chi connectivity index (χ0) is 13.9. The van der Waals surface area contributed by atoms with E-state index in [1.165, 1.54) is 6.92 Å². The highest BCUT2D eigenvalue weighted by atomic mass is 19.4. The average molecular weight is 259 g/mol. The van der Waals surface area contributed by atoms with Gasteiger partial charge in [0.25, 0.3) is 0 Å². The van der Waals surface area contributed by atoms with Crippen molar-refractivity contribution in [3.05, 3.63) is 28.8 Å². The Kier molecular flexibility index (Phi) is 3.81. The summed E-state index contributed by atoms with van der Waals surface area (Å²) in [4.78, 5) is 11.3. The van der Waals surface area contributed by atoms with Crippen molar-refractivity contribution >= 4 is 5.97 Å². The van der Waals surface area contributed by atoms with E-state index in [0.29, 0.717) is 0 Å². The summed E-state index contributed by atoms with van der Waals surface area (Å²) in [5.74, 6) is -1.32. The largest absolute Gasteiger partial charge is 0.573 e. The number of carbonyl (C=O) groups is 1. The number of halogens is 3. The second kappa shape index (κ2) is 4.96. The molecule has 4 nitrogen and oxygen atoms in total. The lowest BCUT2D eigenvalue weighted by Gasteiger charge is -2.13. The van der Waals surface area contributed by atoms with Gasteiger partial charge in [0, 0.05) is 5.56 Å². The van der Waals surface area contributed by atoms with Gasteiger partial charge in [-0.2, -0.15) is 5.26 Å². The lowest BCUT2D eigenvalue weighted by atomic mass is 10.0. The van der Waals surface area contributed by atoms with Crippen LogP contribution in [-0.2, 0) is 4.74 Å². The Morgan fingerprint density at radius 3 is 2.44 bits per heavy atom. The molecule has 18 heavy (non-hydrogen) atoms. The van der Waals surface area contributed by atoms with E-state index in [9.17, 15) is 18.0 Å². The summed E-state index contributed by atoms with van der Waals surface area (Å²) < 4.78 is 44.4. The third-order valence-electron chi connectivity index (χ3n) is 2.16. The molecule has 0 saturated heterocycles. The summed E-state index contributed by atoms with van der Waals surface area (Å²) in [6.07, 6.45) is -4.86. The smallest absolute Gasteiger partial charge is 0.465 e. The number of hydrogen-bond donors (Lipinski definition) is 0. The number of methoxy groups -OCH3 is 1. The summed E-state index contributed by atoms with van der Waals surface area (Å²) in [7, 11) is 1.11. The highest BCUT2D eigenvalue weighted by molar-refractivity contribution is 5.93. The van der Waals surface area contributed by atoms with Crippen LogP contribution in [-0.4, -0.2) is 19.4 Å². The van der Waals surface area contributed by atoms with Crippen molar-refractivity contribution in [2.75, 3.05) is 7.11 Å². The highest BCUT2D eigenvalue weighted by Crippen LogP contribution is 2.29. The average Bonchev–Trinajstić information content (AvgIpc) is 2.28. The Bertz CT molecular complexity index is 517. The Morgan fingerprint density at radius 2 is 2.00 bits per heavy atom. The summed E-state index contributed by atoms with van der Waals surface area (Å²) in [6, 6.07) is 3.68. The highest BCUT2D eigenvalue weighted by Gasteiger charge is 2.32. The lowest BCUT2D eigenvalue weighted by Crippen LogP contribution is -2.18. The van der Waals surface area contributed by atoms with Crippen molar-refractivity contribution in [3.63, 3.8) is 0 Å². The molecule has 0 atom stereocenters. The van der Waals surface area contributed by atoms with Crippen molar-refractivity contribution in [1.82, 2.24) is 0 Å². The number of hydrogen-bond acceptors (Lipinski definition) is 4. The van der Waals surface area contributed by atoms with Gasteiger partial charge in [0.1, 0.15) is 11.8 Å². The molecule has 0 radical (unpaired) electrons. The number of alkyl halides is 3. The predicted molar refractivity (Wildman–Crippen MR) is 53.9 cm³/mol. The predicted octanol–water partition coefficient (Wildman–Crippen LogP) is 2.55. The first kappa shape index (κ1) is 13.8. The summed E-state index contributed by atoms with van der Waals surface area (Å²) in [6.45, 7) is 1.26. The van der Waals surface area contributed by atoms with Crippen LogP contribution >= 0.6 is 0 Å². The van der Waals surface area contributed by atoms with Gasteiger partial charge < -0.3 is 9.47 Å². The Labute approximate surface area is 101 Å². The van der Waals surface area contributed by atoms with Crippen LogP contribution in [0.15, 0.2) is 12.1 Å². The van der Waals surface area contributed by atoms with Crippen molar-refractivity contribution in [2.24, 2.45) is 0 Å². The van der Waals surface area contributed by atoms with Crippen molar-refractivity contribution < 1.29 is 27.4 Å². The second-order valence-electron chi connectivity index (χ2n) is 3.26. The van der Waals surface area contributed by atoms with E-state index in [2.05, 4.69) is 9.47 Å². The molecule has 0 amide bonds. The summed E-state index contributed by atoms with van der Waals surface area (Å²) in [5, 5.41) is 8.87. The van der Waals surface area contributed by atoms with Crippen molar-refractivity contribution in [3.8, 4) is 11.8 Å². The number of ether oxygens (including phenoxy) is 2. The SMILES string of the molecule is COC(=O)c1ccc(OC(F)(F)F)c(C)c1C#N. The molecule has 0 aromatic heterocycles. The molecule has 0 aliphatic rings. The van der Waals surface area contributed by atoms with Crippen LogP contribution in [0.2, 0.25) is 0 Å². The minimum absolute atomic E-state index is 0.0716. The molecular formula is C11H8F3NO3. The maximum atomic E-state index is 12.1. The molecular weight excluding hydrogens is 251 g/mol. The molecule has 96 valence electrons. The third kappa shape index (κ3) is 2.91. The van der Waals surface area contributed by atoms with Gasteiger partial charge in [-0.1, -0.05) is 0 Å². The molecule has 0 spiro atoms. The number of nitrogens with zero attached hydrogens (tertiary/aromatic N) is 1. The number of rotatable bonds is 2. The van der Waals surface area contributed by atoms with E-state index in [4.69, 9.17) is 5.26 Å². The number of nitriles is 1. The van der Waals surface area contributed by atoms with Gasteiger partial charge >= 0.3 is 12.3 Å². The maximum Gasteiger partial charge on any atom is 0.573 e. The van der Waals surface area contributed by atoms with E-state index in [-0.39, 0.29) is 16.7 Å². The molecule has 1 aromatic rings. The lowest BCUT2D eigenvalue weighted by molar-refractivity contribution is -0.274. The summed E-state index contributed by atoms with van der Waals surface area (Å²) in [5.41, 5.74) is -0.381. The van der Waals surface area contributed by atoms with Gasteiger partial charge in [-0.05, 0) is 19.1 Å². The molecule has 0 aliphatic heterocycles. The molecule has 0 unspecified atom stereocenters. The van der Waals surface area contributed by atoms with E-state index in [1.807, 2.05) is 0 Å². The topological polar surface area (TPSA) is 59.3 Å². The first-order valence-electron chi connectivity index (χ1n) is 4.68. The molecule has 0 N–H and O–H groups in total. The van der Waals surface area contributed by atoms with Crippen molar-refractivity contribution in [2.45, 2.75) is 13.3 Å². The van der Waals surface area contributed by atoms with Gasteiger partial charge in [-0.3, -0.25) is 0 Å². The Morgan fingerprint density at radius 1 is 1.39 bits per heavy atom. The summed E-state index contributed by atoms with van der Waals surface area (Å²) >= 11 is 0. The van der Waals surface area contributed by atoms with Gasteiger partial charge in [0.2, 0.25) is 0 Å². The van der Waals surface area contributed by atoms with Gasteiger partial charge in [0.15, 0.2) is 0 Å². The van der Waals surface area contributed by atoms with Crippen LogP contribution in [0, 0.1) is 18.3 Å². The van der Waals surface area contributed by atoms with E-state index in [1.54, 1.807) is 6.07 Å². The van der Waals surface area contributed by atoms with Crippen LogP contribution in [0.4, 0.5) is 13.2 Å². The molecule has 0 aliphatic carbocycles. The number of esters is 1. The fourth-order valence-corrected chi connectivity index (χ4v) is 1.35. The monoisotopic (exact) mass is 259 g/mol. The second-order valence-corrected chi connectivity index (χ2v) is 3.26. The molecule has 7 heteroatoms. The van der Waals surface area contributed by atoms with Crippen LogP contribution in [0.5, 0.6) is 5.75 Å².